The molecule has 0 saturated carbocycles. The van der Waals surface area contributed by atoms with Crippen molar-refractivity contribution < 1.29 is 0 Å². The number of rotatable bonds is 4. The zero-order valence-electron chi connectivity index (χ0n) is 14.2. The monoisotopic (exact) mass is 455 g/mol. The van der Waals surface area contributed by atoms with Gasteiger partial charge in [0.15, 0.2) is 4.80 Å². The van der Waals surface area contributed by atoms with Crippen LogP contribution in [0.25, 0.3) is 11.3 Å². The van der Waals surface area contributed by atoms with Crippen LogP contribution in [0, 0.1) is 0 Å². The molecule has 0 aliphatic heterocycles. The molecule has 4 aromatic rings. The molecule has 2 aromatic heterocycles. The lowest BCUT2D eigenvalue weighted by Crippen LogP contribution is -2.16. The van der Waals surface area contributed by atoms with E-state index in [9.17, 15) is 0 Å². The second-order valence-electron chi connectivity index (χ2n) is 5.95. The van der Waals surface area contributed by atoms with Crippen molar-refractivity contribution in [2.45, 2.75) is 6.54 Å². The topological polar surface area (TPSA) is 30.2 Å². The van der Waals surface area contributed by atoms with Crippen LogP contribution in [0.3, 0.4) is 0 Å². The molecule has 2 heterocycles. The Labute approximate surface area is 174 Å². The van der Waals surface area contributed by atoms with Gasteiger partial charge in [0, 0.05) is 21.1 Å². The fourth-order valence-electron chi connectivity index (χ4n) is 2.73. The summed E-state index contributed by atoms with van der Waals surface area (Å²) in [6, 6.07) is 20.1. The van der Waals surface area contributed by atoms with Crippen molar-refractivity contribution >= 4 is 44.6 Å². The van der Waals surface area contributed by atoms with Gasteiger partial charge in [-0.05, 0) is 47.5 Å². The molecule has 0 saturated heterocycles. The minimum absolute atomic E-state index is 0.713. The van der Waals surface area contributed by atoms with Crippen molar-refractivity contribution in [3.05, 3.63) is 98.3 Å². The average Bonchev–Trinajstić information content (AvgIpc) is 3.07. The third-order valence-electron chi connectivity index (χ3n) is 4.06. The van der Waals surface area contributed by atoms with Gasteiger partial charge in [-0.3, -0.25) is 4.98 Å². The Bertz CT molecular complexity index is 1100. The summed E-state index contributed by atoms with van der Waals surface area (Å²) in [6.07, 6.45) is 3.52. The summed E-state index contributed by atoms with van der Waals surface area (Å²) in [5.74, 6) is 0. The summed E-state index contributed by atoms with van der Waals surface area (Å²) in [5.41, 5.74) is 4.29. The largest absolute Gasteiger partial charge is 0.312 e. The van der Waals surface area contributed by atoms with Crippen LogP contribution in [0.4, 0.5) is 5.69 Å². The summed E-state index contributed by atoms with van der Waals surface area (Å²) in [6.45, 7) is 0.713. The van der Waals surface area contributed by atoms with Crippen LogP contribution in [0.5, 0.6) is 0 Å². The molecular weight excluding hydrogens is 442 g/mol. The number of halogens is 2. The molecule has 0 unspecified atom stereocenters. The van der Waals surface area contributed by atoms with Crippen LogP contribution in [-0.2, 0) is 6.54 Å². The molecule has 6 heteroatoms. The van der Waals surface area contributed by atoms with Gasteiger partial charge in [0.1, 0.15) is 0 Å². The molecule has 0 aliphatic rings. The standard InChI is InChI=1S/C21H15BrClN3S/c22-17-7-5-16(6-8-17)20-14-27-21(25-19-2-1-11-24-12-19)26(20)13-15-3-9-18(23)10-4-15/h1-12,14H,13H2. The zero-order chi connectivity index (χ0) is 18.6. The van der Waals surface area contributed by atoms with E-state index < -0.39 is 0 Å². The fraction of sp³-hybridized carbons (Fsp3) is 0.0476. The van der Waals surface area contributed by atoms with Crippen molar-refractivity contribution in [2.75, 3.05) is 0 Å². The first kappa shape index (κ1) is 18.2. The maximum absolute atomic E-state index is 6.04. The summed E-state index contributed by atoms with van der Waals surface area (Å²) in [7, 11) is 0. The van der Waals surface area contributed by atoms with Crippen LogP contribution in [0.15, 0.2) is 87.9 Å². The Morgan fingerprint density at radius 2 is 1.81 bits per heavy atom. The summed E-state index contributed by atoms with van der Waals surface area (Å²) in [4.78, 5) is 9.89. The summed E-state index contributed by atoms with van der Waals surface area (Å²) in [5, 5.41) is 2.89. The van der Waals surface area contributed by atoms with E-state index in [2.05, 4.69) is 55.1 Å². The van der Waals surface area contributed by atoms with Crippen molar-refractivity contribution in [3.63, 3.8) is 0 Å². The second kappa shape index (κ2) is 8.21. The van der Waals surface area contributed by atoms with E-state index in [-0.39, 0.29) is 0 Å². The highest BCUT2D eigenvalue weighted by molar-refractivity contribution is 9.10. The number of hydrogen-bond donors (Lipinski definition) is 0. The smallest absolute Gasteiger partial charge is 0.190 e. The number of pyridine rings is 1. The highest BCUT2D eigenvalue weighted by Gasteiger charge is 2.09. The molecule has 0 aliphatic carbocycles. The lowest BCUT2D eigenvalue weighted by molar-refractivity contribution is 0.778. The van der Waals surface area contributed by atoms with Gasteiger partial charge in [0.25, 0.3) is 0 Å². The SMILES string of the molecule is Clc1ccc(Cn2c(-c3ccc(Br)cc3)csc2=Nc2cccnc2)cc1. The Hall–Kier alpha value is -2.21. The number of nitrogens with zero attached hydrogens (tertiary/aromatic N) is 3. The molecule has 0 fully saturated rings. The van der Waals surface area contributed by atoms with E-state index in [1.165, 1.54) is 5.56 Å². The molecule has 0 amide bonds. The molecule has 0 N–H and O–H groups in total. The Morgan fingerprint density at radius 1 is 1.04 bits per heavy atom. The third kappa shape index (κ3) is 4.38. The predicted molar refractivity (Wildman–Crippen MR) is 115 cm³/mol. The predicted octanol–water partition coefficient (Wildman–Crippen LogP) is 6.31. The zero-order valence-corrected chi connectivity index (χ0v) is 17.4. The van der Waals surface area contributed by atoms with Gasteiger partial charge < -0.3 is 4.57 Å². The van der Waals surface area contributed by atoms with E-state index in [1.807, 2.05) is 36.4 Å². The van der Waals surface area contributed by atoms with E-state index in [4.69, 9.17) is 16.6 Å². The number of aromatic nitrogens is 2. The first-order valence-corrected chi connectivity index (χ1v) is 10.4. The van der Waals surface area contributed by atoms with E-state index in [0.717, 1.165) is 31.2 Å². The van der Waals surface area contributed by atoms with Gasteiger partial charge in [-0.2, -0.15) is 0 Å². The molecule has 0 radical (unpaired) electrons. The molecule has 134 valence electrons. The van der Waals surface area contributed by atoms with Crippen LogP contribution in [-0.4, -0.2) is 9.55 Å². The normalized spacial score (nSPS) is 11.7. The van der Waals surface area contributed by atoms with Gasteiger partial charge >= 0.3 is 0 Å². The van der Waals surface area contributed by atoms with Crippen LogP contribution in [0.1, 0.15) is 5.56 Å². The van der Waals surface area contributed by atoms with Crippen LogP contribution >= 0.6 is 38.9 Å². The Kier molecular flexibility index (Phi) is 5.53. The van der Waals surface area contributed by atoms with Gasteiger partial charge in [-0.25, -0.2) is 4.99 Å². The molecular formula is C21H15BrClN3S. The molecule has 27 heavy (non-hydrogen) atoms. The minimum atomic E-state index is 0.713. The number of thiazole rings is 1. The second-order valence-corrected chi connectivity index (χ2v) is 8.13. The van der Waals surface area contributed by atoms with Gasteiger partial charge in [0.2, 0.25) is 0 Å². The van der Waals surface area contributed by atoms with Crippen molar-refractivity contribution in [1.29, 1.82) is 0 Å². The molecule has 4 rings (SSSR count). The van der Waals surface area contributed by atoms with Crippen molar-refractivity contribution in [2.24, 2.45) is 4.99 Å². The lowest BCUT2D eigenvalue weighted by atomic mass is 10.1. The van der Waals surface area contributed by atoms with Crippen LogP contribution in [0.2, 0.25) is 5.02 Å². The van der Waals surface area contributed by atoms with Crippen molar-refractivity contribution in [3.8, 4) is 11.3 Å². The maximum atomic E-state index is 6.04. The number of benzene rings is 2. The molecule has 0 bridgehead atoms. The highest BCUT2D eigenvalue weighted by atomic mass is 79.9. The average molecular weight is 457 g/mol. The Balaban J connectivity index is 1.83. The molecule has 2 aromatic carbocycles. The summed E-state index contributed by atoms with van der Waals surface area (Å²) < 4.78 is 3.29. The van der Waals surface area contributed by atoms with Gasteiger partial charge in [-0.1, -0.05) is 51.8 Å². The van der Waals surface area contributed by atoms with E-state index in [1.54, 1.807) is 23.7 Å². The van der Waals surface area contributed by atoms with Crippen molar-refractivity contribution in [1.82, 2.24) is 9.55 Å². The molecule has 0 atom stereocenters. The van der Waals surface area contributed by atoms with E-state index >= 15 is 0 Å². The molecule has 0 spiro atoms. The third-order valence-corrected chi connectivity index (χ3v) is 5.71. The Morgan fingerprint density at radius 3 is 2.52 bits per heavy atom. The quantitative estimate of drug-likeness (QED) is 0.354. The van der Waals surface area contributed by atoms with E-state index in [0.29, 0.717) is 6.54 Å². The highest BCUT2D eigenvalue weighted by Crippen LogP contribution is 2.24. The number of hydrogen-bond acceptors (Lipinski definition) is 3. The lowest BCUT2D eigenvalue weighted by Gasteiger charge is -2.10. The van der Waals surface area contributed by atoms with Gasteiger partial charge in [0.05, 0.1) is 24.1 Å². The first-order chi connectivity index (χ1) is 13.2. The van der Waals surface area contributed by atoms with Crippen LogP contribution < -0.4 is 4.80 Å². The fourth-order valence-corrected chi connectivity index (χ4v) is 4.04. The van der Waals surface area contributed by atoms with Gasteiger partial charge in [-0.15, -0.1) is 11.3 Å². The minimum Gasteiger partial charge on any atom is -0.312 e. The first-order valence-electron chi connectivity index (χ1n) is 8.32. The summed E-state index contributed by atoms with van der Waals surface area (Å²) >= 11 is 11.2. The maximum Gasteiger partial charge on any atom is 0.190 e. The molecule has 3 nitrogen and oxygen atoms in total.